The highest BCUT2D eigenvalue weighted by Crippen LogP contribution is 2.26. The van der Waals surface area contributed by atoms with Crippen molar-refractivity contribution >= 4 is 28.2 Å². The molecule has 0 aliphatic rings. The van der Waals surface area contributed by atoms with Gasteiger partial charge in [0.25, 0.3) is 5.91 Å². The number of carbonyl (C=O) groups excluding carboxylic acids is 1. The van der Waals surface area contributed by atoms with E-state index < -0.39 is 18.6 Å². The number of halogens is 3. The standard InChI is InChI=1S/C8H11F3N4OS/c1-13-7-14-5(12)4(17-7)6(16)15(2)3-8(9,10)11/h3,12H2,1-2H3,(H,13,14). The molecule has 0 saturated heterocycles. The molecule has 96 valence electrons. The molecule has 1 aromatic heterocycles. The zero-order valence-corrected chi connectivity index (χ0v) is 9.95. The smallest absolute Gasteiger partial charge is 0.382 e. The van der Waals surface area contributed by atoms with Gasteiger partial charge in [-0.15, -0.1) is 0 Å². The van der Waals surface area contributed by atoms with E-state index in [0.29, 0.717) is 10.0 Å². The topological polar surface area (TPSA) is 71.2 Å². The van der Waals surface area contributed by atoms with Gasteiger partial charge in [0, 0.05) is 14.1 Å². The van der Waals surface area contributed by atoms with Crippen molar-refractivity contribution in [1.29, 1.82) is 0 Å². The molecule has 0 radical (unpaired) electrons. The van der Waals surface area contributed by atoms with E-state index in [1.54, 1.807) is 7.05 Å². The first kappa shape index (κ1) is 13.6. The number of thiazole rings is 1. The molecule has 0 atom stereocenters. The number of alkyl halides is 3. The normalized spacial score (nSPS) is 11.4. The number of amides is 1. The van der Waals surface area contributed by atoms with Crippen LogP contribution in [0.5, 0.6) is 0 Å². The first-order valence-electron chi connectivity index (χ1n) is 4.51. The van der Waals surface area contributed by atoms with Crippen molar-refractivity contribution in [3.63, 3.8) is 0 Å². The number of nitrogens with two attached hydrogens (primary N) is 1. The fourth-order valence-corrected chi connectivity index (χ4v) is 1.94. The molecular weight excluding hydrogens is 257 g/mol. The van der Waals surface area contributed by atoms with Crippen LogP contribution in [0.4, 0.5) is 24.1 Å². The van der Waals surface area contributed by atoms with Gasteiger partial charge in [0.05, 0.1) is 0 Å². The Labute approximate surface area is 99.4 Å². The lowest BCUT2D eigenvalue weighted by Crippen LogP contribution is -2.35. The Kier molecular flexibility index (Phi) is 3.81. The summed E-state index contributed by atoms with van der Waals surface area (Å²) in [4.78, 5) is 16.0. The number of aromatic nitrogens is 1. The molecule has 0 aliphatic heterocycles. The molecule has 1 amide bonds. The highest BCUT2D eigenvalue weighted by molar-refractivity contribution is 7.18. The Hall–Kier alpha value is -1.51. The molecule has 1 heterocycles. The Morgan fingerprint density at radius 3 is 2.59 bits per heavy atom. The van der Waals surface area contributed by atoms with Crippen molar-refractivity contribution in [2.45, 2.75) is 6.18 Å². The van der Waals surface area contributed by atoms with Crippen LogP contribution in [0.1, 0.15) is 9.67 Å². The number of anilines is 2. The molecule has 0 fully saturated rings. The summed E-state index contributed by atoms with van der Waals surface area (Å²) in [5.74, 6) is -0.864. The number of hydrogen-bond acceptors (Lipinski definition) is 5. The van der Waals surface area contributed by atoms with Crippen molar-refractivity contribution < 1.29 is 18.0 Å². The van der Waals surface area contributed by atoms with Gasteiger partial charge in [0.2, 0.25) is 0 Å². The Morgan fingerprint density at radius 1 is 1.59 bits per heavy atom. The van der Waals surface area contributed by atoms with Crippen LogP contribution >= 0.6 is 11.3 Å². The lowest BCUT2D eigenvalue weighted by atomic mass is 10.4. The number of carbonyl (C=O) groups is 1. The van der Waals surface area contributed by atoms with Gasteiger partial charge in [-0.2, -0.15) is 13.2 Å². The molecule has 0 bridgehead atoms. The minimum atomic E-state index is -4.43. The first-order chi connectivity index (χ1) is 7.74. The van der Waals surface area contributed by atoms with E-state index in [-0.39, 0.29) is 10.7 Å². The van der Waals surface area contributed by atoms with E-state index in [9.17, 15) is 18.0 Å². The van der Waals surface area contributed by atoms with E-state index in [4.69, 9.17) is 5.73 Å². The zero-order chi connectivity index (χ0) is 13.2. The predicted molar refractivity (Wildman–Crippen MR) is 59.1 cm³/mol. The van der Waals surface area contributed by atoms with Gasteiger partial charge in [-0.1, -0.05) is 11.3 Å². The maximum atomic E-state index is 12.1. The summed E-state index contributed by atoms with van der Waals surface area (Å²) in [5, 5.41) is 3.05. The second-order valence-electron chi connectivity index (χ2n) is 3.26. The van der Waals surface area contributed by atoms with Gasteiger partial charge in [-0.3, -0.25) is 4.79 Å². The molecule has 0 spiro atoms. The van der Waals surface area contributed by atoms with E-state index in [1.807, 2.05) is 0 Å². The summed E-state index contributed by atoms with van der Waals surface area (Å²) in [6.07, 6.45) is -4.43. The van der Waals surface area contributed by atoms with Gasteiger partial charge in [0.1, 0.15) is 17.2 Å². The lowest BCUT2D eigenvalue weighted by Gasteiger charge is -2.17. The average Bonchev–Trinajstić information content (AvgIpc) is 2.56. The lowest BCUT2D eigenvalue weighted by molar-refractivity contribution is -0.138. The third-order valence-electron chi connectivity index (χ3n) is 1.82. The van der Waals surface area contributed by atoms with Crippen LogP contribution in [0.25, 0.3) is 0 Å². The Bertz CT molecular complexity index is 417. The van der Waals surface area contributed by atoms with Gasteiger partial charge in [-0.05, 0) is 0 Å². The minimum Gasteiger partial charge on any atom is -0.382 e. The van der Waals surface area contributed by atoms with Crippen LogP contribution in [0.3, 0.4) is 0 Å². The molecule has 3 N–H and O–H groups in total. The Balaban J connectivity index is 2.85. The molecule has 0 aromatic carbocycles. The van der Waals surface area contributed by atoms with E-state index in [1.165, 1.54) is 0 Å². The van der Waals surface area contributed by atoms with Crippen LogP contribution in [-0.4, -0.2) is 42.6 Å². The monoisotopic (exact) mass is 268 g/mol. The number of nitrogen functional groups attached to an aromatic ring is 1. The summed E-state index contributed by atoms with van der Waals surface area (Å²) >= 11 is 0.916. The molecule has 9 heteroatoms. The average molecular weight is 268 g/mol. The molecular formula is C8H11F3N4OS. The molecule has 1 rings (SSSR count). The van der Waals surface area contributed by atoms with Crippen LogP contribution in [0, 0.1) is 0 Å². The van der Waals surface area contributed by atoms with Crippen molar-refractivity contribution in [1.82, 2.24) is 9.88 Å². The highest BCUT2D eigenvalue weighted by atomic mass is 32.1. The summed E-state index contributed by atoms with van der Waals surface area (Å²) in [7, 11) is 2.64. The molecule has 0 aliphatic carbocycles. The second kappa shape index (κ2) is 4.78. The van der Waals surface area contributed by atoms with Crippen molar-refractivity contribution in [3.05, 3.63) is 4.88 Å². The Morgan fingerprint density at radius 2 is 2.18 bits per heavy atom. The molecule has 0 unspecified atom stereocenters. The molecule has 0 saturated carbocycles. The number of hydrogen-bond donors (Lipinski definition) is 2. The third-order valence-corrected chi connectivity index (χ3v) is 2.90. The second-order valence-corrected chi connectivity index (χ2v) is 4.26. The maximum Gasteiger partial charge on any atom is 0.406 e. The van der Waals surface area contributed by atoms with Crippen LogP contribution < -0.4 is 11.1 Å². The van der Waals surface area contributed by atoms with Crippen LogP contribution in [-0.2, 0) is 0 Å². The number of nitrogens with zero attached hydrogens (tertiary/aromatic N) is 2. The van der Waals surface area contributed by atoms with E-state index in [2.05, 4.69) is 10.3 Å². The minimum absolute atomic E-state index is 0.00102. The van der Waals surface area contributed by atoms with Crippen molar-refractivity contribution in [2.75, 3.05) is 31.7 Å². The fourth-order valence-electron chi connectivity index (χ4n) is 1.11. The van der Waals surface area contributed by atoms with Gasteiger partial charge < -0.3 is 16.0 Å². The summed E-state index contributed by atoms with van der Waals surface area (Å²) in [5.41, 5.74) is 5.45. The summed E-state index contributed by atoms with van der Waals surface area (Å²) in [6.45, 7) is -1.32. The van der Waals surface area contributed by atoms with E-state index in [0.717, 1.165) is 18.4 Å². The van der Waals surface area contributed by atoms with Gasteiger partial charge in [-0.25, -0.2) is 4.98 Å². The van der Waals surface area contributed by atoms with Crippen molar-refractivity contribution in [2.24, 2.45) is 0 Å². The van der Waals surface area contributed by atoms with Crippen LogP contribution in [0.15, 0.2) is 0 Å². The number of nitrogens with one attached hydrogen (secondary N) is 1. The van der Waals surface area contributed by atoms with E-state index >= 15 is 0 Å². The van der Waals surface area contributed by atoms with Gasteiger partial charge in [0.15, 0.2) is 5.13 Å². The zero-order valence-electron chi connectivity index (χ0n) is 9.13. The van der Waals surface area contributed by atoms with Crippen molar-refractivity contribution in [3.8, 4) is 0 Å². The third kappa shape index (κ3) is 3.48. The largest absolute Gasteiger partial charge is 0.406 e. The predicted octanol–water partition coefficient (Wildman–Crippen LogP) is 1.40. The molecule has 1 aromatic rings. The first-order valence-corrected chi connectivity index (χ1v) is 5.32. The molecule has 17 heavy (non-hydrogen) atoms. The summed E-state index contributed by atoms with van der Waals surface area (Å²) in [6, 6.07) is 0. The number of rotatable bonds is 3. The SMILES string of the molecule is CNc1nc(N)c(C(=O)N(C)CC(F)(F)F)s1. The maximum absolute atomic E-state index is 12.1. The highest BCUT2D eigenvalue weighted by Gasteiger charge is 2.32. The van der Waals surface area contributed by atoms with Crippen LogP contribution in [0.2, 0.25) is 0 Å². The molecule has 5 nitrogen and oxygen atoms in total. The van der Waals surface area contributed by atoms with Gasteiger partial charge >= 0.3 is 6.18 Å². The quantitative estimate of drug-likeness (QED) is 0.869. The summed E-state index contributed by atoms with van der Waals surface area (Å²) < 4.78 is 36.3. The fraction of sp³-hybridized carbons (Fsp3) is 0.500.